The molecule has 0 amide bonds. The molecule has 0 aromatic heterocycles. The first-order valence-electron chi connectivity index (χ1n) is 8.51. The molecule has 0 spiro atoms. The van der Waals surface area contributed by atoms with Crippen molar-refractivity contribution < 1.29 is 33.3 Å². The van der Waals surface area contributed by atoms with Gasteiger partial charge in [-0.3, -0.25) is 4.55 Å². The second-order valence-electron chi connectivity index (χ2n) is 5.88. The van der Waals surface area contributed by atoms with E-state index in [9.17, 15) is 8.42 Å². The van der Waals surface area contributed by atoms with Crippen LogP contribution in [0, 0.1) is 0 Å². The van der Waals surface area contributed by atoms with Gasteiger partial charge in [-0.1, -0.05) is 90.4 Å². The Bertz CT molecular complexity index is 298. The van der Waals surface area contributed by atoms with E-state index in [1.807, 2.05) is 0 Å². The predicted octanol–water partition coefficient (Wildman–Crippen LogP) is 2.47. The predicted molar refractivity (Wildman–Crippen MR) is 87.8 cm³/mol. The Balaban J connectivity index is -0.00000180. The van der Waals surface area contributed by atoms with Crippen LogP contribution in [0.15, 0.2) is 0 Å². The number of hydrogen-bond donors (Lipinski definition) is 1. The van der Waals surface area contributed by atoms with Gasteiger partial charge < -0.3 is 1.43 Å². The minimum Gasteiger partial charge on any atom is -1.00 e. The SMILES string of the molecule is CCCCCCCCCCCCCCCCS(=O)(=O)O.[H-].[Li+]. The molecule has 21 heavy (non-hydrogen) atoms. The summed E-state index contributed by atoms with van der Waals surface area (Å²) in [7, 11) is -3.74. The van der Waals surface area contributed by atoms with Crippen molar-refractivity contribution in [1.82, 2.24) is 0 Å². The molecule has 0 saturated carbocycles. The van der Waals surface area contributed by atoms with Crippen molar-refractivity contribution in [2.75, 3.05) is 5.75 Å². The Morgan fingerprint density at radius 3 is 1.24 bits per heavy atom. The van der Waals surface area contributed by atoms with Crippen molar-refractivity contribution in [2.24, 2.45) is 0 Å². The fourth-order valence-corrected chi connectivity index (χ4v) is 3.05. The zero-order chi connectivity index (χ0) is 15.1. The minimum absolute atomic E-state index is 0. The van der Waals surface area contributed by atoms with Gasteiger partial charge in [0.25, 0.3) is 10.1 Å². The Kier molecular flexibility index (Phi) is 19.1. The van der Waals surface area contributed by atoms with Crippen molar-refractivity contribution in [1.29, 1.82) is 0 Å². The van der Waals surface area contributed by atoms with Crippen LogP contribution in [0.3, 0.4) is 0 Å². The maximum atomic E-state index is 10.5. The standard InChI is InChI=1S/C16H34O3S.Li.H/c1-2-3-4-5-6-7-8-9-10-11-12-13-14-15-16-20(17,18)19;;/h2-16H2,1H3,(H,17,18,19);;/q;+1;-1. The molecule has 0 atom stereocenters. The Hall–Kier alpha value is 0.507. The van der Waals surface area contributed by atoms with Crippen LogP contribution in [0.5, 0.6) is 0 Å². The van der Waals surface area contributed by atoms with Gasteiger partial charge in [-0.15, -0.1) is 0 Å². The molecule has 0 aliphatic carbocycles. The number of rotatable bonds is 15. The van der Waals surface area contributed by atoms with Crippen molar-refractivity contribution in [3.8, 4) is 0 Å². The Labute approximate surface area is 146 Å². The van der Waals surface area contributed by atoms with Crippen molar-refractivity contribution >= 4 is 10.1 Å². The van der Waals surface area contributed by atoms with Gasteiger partial charge in [-0.25, -0.2) is 0 Å². The van der Waals surface area contributed by atoms with E-state index in [2.05, 4.69) is 6.92 Å². The molecule has 0 heterocycles. The van der Waals surface area contributed by atoms with Gasteiger partial charge in [-0.2, -0.15) is 8.42 Å². The van der Waals surface area contributed by atoms with Crippen molar-refractivity contribution in [3.63, 3.8) is 0 Å². The molecule has 0 aliphatic heterocycles. The molecule has 0 rings (SSSR count). The number of hydrogen-bond acceptors (Lipinski definition) is 2. The maximum absolute atomic E-state index is 10.5. The average molecular weight is 314 g/mol. The molecule has 0 bridgehead atoms. The van der Waals surface area contributed by atoms with Gasteiger partial charge in [0, 0.05) is 0 Å². The third kappa shape index (κ3) is 22.9. The molecular weight excluding hydrogens is 279 g/mol. The molecule has 0 aliphatic rings. The van der Waals surface area contributed by atoms with Gasteiger partial charge in [0.15, 0.2) is 0 Å². The Morgan fingerprint density at radius 1 is 0.667 bits per heavy atom. The summed E-state index contributed by atoms with van der Waals surface area (Å²) >= 11 is 0. The molecule has 3 nitrogen and oxygen atoms in total. The quantitative estimate of drug-likeness (QED) is 0.287. The second-order valence-corrected chi connectivity index (χ2v) is 7.45. The molecule has 1 N–H and O–H groups in total. The largest absolute Gasteiger partial charge is 1.00 e. The fraction of sp³-hybridized carbons (Fsp3) is 1.00. The van der Waals surface area contributed by atoms with Crippen LogP contribution >= 0.6 is 0 Å². The summed E-state index contributed by atoms with van der Waals surface area (Å²) in [5, 5.41) is 0. The summed E-state index contributed by atoms with van der Waals surface area (Å²) in [6, 6.07) is 0. The first-order valence-corrected chi connectivity index (χ1v) is 10.1. The van der Waals surface area contributed by atoms with E-state index in [1.165, 1.54) is 70.6 Å². The van der Waals surface area contributed by atoms with Crippen LogP contribution in [-0.2, 0) is 10.1 Å². The molecule has 0 unspecified atom stereocenters. The molecule has 0 aromatic carbocycles. The topological polar surface area (TPSA) is 54.4 Å². The third-order valence-electron chi connectivity index (χ3n) is 3.76. The zero-order valence-corrected chi connectivity index (χ0v) is 15.1. The van der Waals surface area contributed by atoms with E-state index >= 15 is 0 Å². The van der Waals surface area contributed by atoms with E-state index in [-0.39, 0.29) is 26.0 Å². The van der Waals surface area contributed by atoms with Crippen LogP contribution in [0.25, 0.3) is 0 Å². The summed E-state index contributed by atoms with van der Waals surface area (Å²) in [4.78, 5) is 0. The summed E-state index contributed by atoms with van der Waals surface area (Å²) < 4.78 is 29.6. The fourth-order valence-electron chi connectivity index (χ4n) is 2.48. The van der Waals surface area contributed by atoms with Gasteiger partial charge in [-0.05, 0) is 6.42 Å². The van der Waals surface area contributed by atoms with E-state index in [0.717, 1.165) is 12.8 Å². The van der Waals surface area contributed by atoms with Crippen LogP contribution < -0.4 is 18.9 Å². The second kappa shape index (κ2) is 16.9. The summed E-state index contributed by atoms with van der Waals surface area (Å²) in [5.74, 6) is -0.0783. The molecule has 0 saturated heterocycles. The molecule has 0 fully saturated rings. The summed E-state index contributed by atoms with van der Waals surface area (Å²) in [6.07, 6.45) is 17.4. The number of unbranched alkanes of at least 4 members (excludes halogenated alkanes) is 13. The van der Waals surface area contributed by atoms with Crippen molar-refractivity contribution in [3.05, 3.63) is 0 Å². The average Bonchev–Trinajstić information content (AvgIpc) is 2.38. The van der Waals surface area contributed by atoms with E-state index in [4.69, 9.17) is 4.55 Å². The minimum atomic E-state index is -3.74. The smallest absolute Gasteiger partial charge is 1.00 e. The monoisotopic (exact) mass is 314 g/mol. The van der Waals surface area contributed by atoms with Gasteiger partial charge >= 0.3 is 18.9 Å². The summed E-state index contributed by atoms with van der Waals surface area (Å²) in [5.41, 5.74) is 0. The maximum Gasteiger partial charge on any atom is 1.00 e. The van der Waals surface area contributed by atoms with Gasteiger partial charge in [0.1, 0.15) is 0 Å². The van der Waals surface area contributed by atoms with E-state index in [0.29, 0.717) is 6.42 Å². The molecule has 124 valence electrons. The van der Waals surface area contributed by atoms with Crippen LogP contribution in [0.1, 0.15) is 98.2 Å². The summed E-state index contributed by atoms with van der Waals surface area (Å²) in [6.45, 7) is 2.25. The van der Waals surface area contributed by atoms with Crippen LogP contribution in [0.2, 0.25) is 0 Å². The van der Waals surface area contributed by atoms with Gasteiger partial charge in [0.05, 0.1) is 5.75 Å². The van der Waals surface area contributed by atoms with Gasteiger partial charge in [0.2, 0.25) is 0 Å². The van der Waals surface area contributed by atoms with E-state index < -0.39 is 10.1 Å². The third-order valence-corrected chi connectivity index (χ3v) is 4.56. The normalized spacial score (nSPS) is 11.3. The molecule has 5 heteroatoms. The molecule has 0 aromatic rings. The first-order chi connectivity index (χ1) is 9.56. The molecular formula is C16H35LiO3S. The van der Waals surface area contributed by atoms with Crippen molar-refractivity contribution in [2.45, 2.75) is 96.8 Å². The van der Waals surface area contributed by atoms with Crippen LogP contribution in [0.4, 0.5) is 0 Å². The van der Waals surface area contributed by atoms with E-state index in [1.54, 1.807) is 0 Å². The first kappa shape index (κ1) is 23.8. The van der Waals surface area contributed by atoms with Crippen LogP contribution in [-0.4, -0.2) is 18.7 Å². The Morgan fingerprint density at radius 2 is 0.952 bits per heavy atom. The molecule has 0 radical (unpaired) electrons. The zero-order valence-electron chi connectivity index (χ0n) is 15.3.